The standard InChI is InChI=1S/C16H23F3N2O/c1-11-8-20-15(10-22-3)9-21(11)12(2)13-4-6-14(7-5-13)16(17,18)19/h4-7,11-12,15,20H,8-10H2,1-3H3/t11-,12?,15-/m1/s1. The summed E-state index contributed by atoms with van der Waals surface area (Å²) in [6, 6.07) is 6.11. The summed E-state index contributed by atoms with van der Waals surface area (Å²) in [4.78, 5) is 2.31. The van der Waals surface area contributed by atoms with E-state index in [4.69, 9.17) is 4.74 Å². The molecule has 0 radical (unpaired) electrons. The molecule has 1 unspecified atom stereocenters. The third-order valence-electron chi connectivity index (χ3n) is 4.29. The minimum absolute atomic E-state index is 0.0683. The molecule has 22 heavy (non-hydrogen) atoms. The summed E-state index contributed by atoms with van der Waals surface area (Å²) in [5, 5.41) is 3.42. The van der Waals surface area contributed by atoms with Crippen LogP contribution < -0.4 is 5.32 Å². The fourth-order valence-electron chi connectivity index (χ4n) is 2.95. The molecule has 0 aromatic heterocycles. The largest absolute Gasteiger partial charge is 0.416 e. The first-order valence-electron chi connectivity index (χ1n) is 7.48. The monoisotopic (exact) mass is 316 g/mol. The van der Waals surface area contributed by atoms with Crippen LogP contribution >= 0.6 is 0 Å². The number of benzene rings is 1. The molecule has 1 aromatic rings. The van der Waals surface area contributed by atoms with E-state index >= 15 is 0 Å². The predicted octanol–water partition coefficient (Wildman–Crippen LogP) is 3.08. The molecule has 1 heterocycles. The van der Waals surface area contributed by atoms with Gasteiger partial charge in [-0.15, -0.1) is 0 Å². The summed E-state index contributed by atoms with van der Waals surface area (Å²) in [6.07, 6.45) is -4.28. The van der Waals surface area contributed by atoms with Gasteiger partial charge in [0.15, 0.2) is 0 Å². The Morgan fingerprint density at radius 1 is 1.32 bits per heavy atom. The van der Waals surface area contributed by atoms with Crippen molar-refractivity contribution < 1.29 is 17.9 Å². The number of alkyl halides is 3. The summed E-state index contributed by atoms with van der Waals surface area (Å²) < 4.78 is 43.1. The maximum absolute atomic E-state index is 12.6. The molecule has 0 bridgehead atoms. The van der Waals surface area contributed by atoms with Crippen LogP contribution in [-0.4, -0.2) is 43.8 Å². The van der Waals surface area contributed by atoms with E-state index in [0.717, 1.165) is 30.8 Å². The highest BCUT2D eigenvalue weighted by molar-refractivity contribution is 5.26. The van der Waals surface area contributed by atoms with Crippen molar-refractivity contribution in [2.45, 2.75) is 38.1 Å². The zero-order valence-electron chi connectivity index (χ0n) is 13.2. The maximum Gasteiger partial charge on any atom is 0.416 e. The molecule has 3 atom stereocenters. The van der Waals surface area contributed by atoms with Crippen molar-refractivity contribution in [3.8, 4) is 0 Å². The minimum atomic E-state index is -4.28. The fourth-order valence-corrected chi connectivity index (χ4v) is 2.95. The van der Waals surface area contributed by atoms with Crippen molar-refractivity contribution in [1.29, 1.82) is 0 Å². The summed E-state index contributed by atoms with van der Waals surface area (Å²) in [5.74, 6) is 0. The molecule has 1 aliphatic heterocycles. The molecule has 0 aliphatic carbocycles. The number of halogens is 3. The molecule has 0 saturated carbocycles. The lowest BCUT2D eigenvalue weighted by molar-refractivity contribution is -0.137. The number of hydrogen-bond donors (Lipinski definition) is 1. The van der Waals surface area contributed by atoms with E-state index in [9.17, 15) is 13.2 Å². The molecule has 124 valence electrons. The number of ether oxygens (including phenoxy) is 1. The lowest BCUT2D eigenvalue weighted by Gasteiger charge is -2.42. The topological polar surface area (TPSA) is 24.5 Å². The molecule has 1 N–H and O–H groups in total. The molecular weight excluding hydrogens is 293 g/mol. The summed E-state index contributed by atoms with van der Waals surface area (Å²) >= 11 is 0. The Hall–Kier alpha value is -1.11. The lowest BCUT2D eigenvalue weighted by atomic mass is 10.0. The Bertz CT molecular complexity index is 475. The first-order valence-corrected chi connectivity index (χ1v) is 7.48. The molecule has 1 fully saturated rings. The predicted molar refractivity (Wildman–Crippen MR) is 79.7 cm³/mol. The van der Waals surface area contributed by atoms with Gasteiger partial charge >= 0.3 is 6.18 Å². The zero-order chi connectivity index (χ0) is 16.3. The maximum atomic E-state index is 12.6. The van der Waals surface area contributed by atoms with Crippen LogP contribution in [0.15, 0.2) is 24.3 Å². The Morgan fingerprint density at radius 3 is 2.50 bits per heavy atom. The van der Waals surface area contributed by atoms with Crippen molar-refractivity contribution in [3.05, 3.63) is 35.4 Å². The first-order chi connectivity index (χ1) is 10.3. The van der Waals surface area contributed by atoms with Crippen LogP contribution in [0.4, 0.5) is 13.2 Å². The molecular formula is C16H23F3N2O. The van der Waals surface area contributed by atoms with Gasteiger partial charge < -0.3 is 10.1 Å². The molecule has 1 saturated heterocycles. The third kappa shape index (κ3) is 4.00. The van der Waals surface area contributed by atoms with Crippen LogP contribution in [0.25, 0.3) is 0 Å². The second-order valence-corrected chi connectivity index (χ2v) is 5.90. The van der Waals surface area contributed by atoms with Crippen LogP contribution in [-0.2, 0) is 10.9 Å². The van der Waals surface area contributed by atoms with Crippen LogP contribution in [0, 0.1) is 0 Å². The number of nitrogens with one attached hydrogen (secondary N) is 1. The lowest BCUT2D eigenvalue weighted by Crippen LogP contribution is -2.57. The van der Waals surface area contributed by atoms with Crippen molar-refractivity contribution in [3.63, 3.8) is 0 Å². The van der Waals surface area contributed by atoms with Gasteiger partial charge in [0.2, 0.25) is 0 Å². The van der Waals surface area contributed by atoms with E-state index in [-0.39, 0.29) is 12.1 Å². The number of rotatable bonds is 4. The van der Waals surface area contributed by atoms with Gasteiger partial charge in [-0.3, -0.25) is 4.90 Å². The van der Waals surface area contributed by atoms with Gasteiger partial charge in [-0.1, -0.05) is 12.1 Å². The fraction of sp³-hybridized carbons (Fsp3) is 0.625. The van der Waals surface area contributed by atoms with Crippen LogP contribution in [0.3, 0.4) is 0 Å². The van der Waals surface area contributed by atoms with Gasteiger partial charge in [0.1, 0.15) is 0 Å². The SMILES string of the molecule is COC[C@H]1CN(C(C)c2ccc(C(F)(F)F)cc2)[C@H](C)CN1. The Kier molecular flexibility index (Phi) is 5.47. The quantitative estimate of drug-likeness (QED) is 0.924. The van der Waals surface area contributed by atoms with Crippen LogP contribution in [0.2, 0.25) is 0 Å². The molecule has 1 aromatic carbocycles. The van der Waals surface area contributed by atoms with E-state index in [2.05, 4.69) is 17.1 Å². The molecule has 2 rings (SSSR count). The van der Waals surface area contributed by atoms with Gasteiger partial charge in [0.25, 0.3) is 0 Å². The van der Waals surface area contributed by atoms with Crippen LogP contribution in [0.1, 0.15) is 31.0 Å². The molecule has 3 nitrogen and oxygen atoms in total. The minimum Gasteiger partial charge on any atom is -0.383 e. The second kappa shape index (κ2) is 6.98. The van der Waals surface area contributed by atoms with Crippen molar-refractivity contribution >= 4 is 0 Å². The average molecular weight is 316 g/mol. The third-order valence-corrected chi connectivity index (χ3v) is 4.29. The number of nitrogens with zero attached hydrogens (tertiary/aromatic N) is 1. The highest BCUT2D eigenvalue weighted by atomic mass is 19.4. The summed E-state index contributed by atoms with van der Waals surface area (Å²) in [6.45, 7) is 6.45. The van der Waals surface area contributed by atoms with Gasteiger partial charge in [0.05, 0.1) is 12.2 Å². The normalized spacial score (nSPS) is 25.2. The average Bonchev–Trinajstić information content (AvgIpc) is 2.48. The Labute approximate surface area is 129 Å². The Balaban J connectivity index is 2.10. The number of hydrogen-bond acceptors (Lipinski definition) is 3. The molecule has 0 amide bonds. The van der Waals surface area contributed by atoms with E-state index in [1.165, 1.54) is 0 Å². The van der Waals surface area contributed by atoms with Gasteiger partial charge in [-0.2, -0.15) is 13.2 Å². The van der Waals surface area contributed by atoms with Crippen molar-refractivity contribution in [1.82, 2.24) is 10.2 Å². The van der Waals surface area contributed by atoms with Crippen molar-refractivity contribution in [2.75, 3.05) is 26.8 Å². The molecule has 1 aliphatic rings. The van der Waals surface area contributed by atoms with E-state index < -0.39 is 11.7 Å². The second-order valence-electron chi connectivity index (χ2n) is 5.90. The molecule has 6 heteroatoms. The van der Waals surface area contributed by atoms with E-state index in [1.54, 1.807) is 19.2 Å². The summed E-state index contributed by atoms with van der Waals surface area (Å²) in [5.41, 5.74) is 0.298. The smallest absolute Gasteiger partial charge is 0.383 e. The van der Waals surface area contributed by atoms with Crippen molar-refractivity contribution in [2.24, 2.45) is 0 Å². The van der Waals surface area contributed by atoms with Gasteiger partial charge in [-0.05, 0) is 31.5 Å². The van der Waals surface area contributed by atoms with E-state index in [0.29, 0.717) is 12.6 Å². The molecule has 0 spiro atoms. The van der Waals surface area contributed by atoms with Crippen LogP contribution in [0.5, 0.6) is 0 Å². The highest BCUT2D eigenvalue weighted by Crippen LogP contribution is 2.31. The highest BCUT2D eigenvalue weighted by Gasteiger charge is 2.32. The first kappa shape index (κ1) is 17.2. The number of piperazine rings is 1. The summed E-state index contributed by atoms with van der Waals surface area (Å²) in [7, 11) is 1.67. The zero-order valence-corrected chi connectivity index (χ0v) is 13.2. The Morgan fingerprint density at radius 2 is 1.95 bits per heavy atom. The number of methoxy groups -OCH3 is 1. The van der Waals surface area contributed by atoms with E-state index in [1.807, 2.05) is 6.92 Å². The van der Waals surface area contributed by atoms with Gasteiger partial charge in [-0.25, -0.2) is 0 Å². The van der Waals surface area contributed by atoms with Gasteiger partial charge in [0, 0.05) is 38.3 Å².